The molecule has 2 N–H and O–H groups in total. The van der Waals surface area contributed by atoms with E-state index >= 15 is 0 Å². The number of fused-ring (bicyclic) bond motifs is 2. The van der Waals surface area contributed by atoms with Crippen LogP contribution in [0.4, 0.5) is 5.69 Å². The van der Waals surface area contributed by atoms with Crippen LogP contribution in [0.3, 0.4) is 0 Å². The number of benzene rings is 2. The Hall–Kier alpha value is -2.46. The molecule has 112 valence electrons. The van der Waals surface area contributed by atoms with Gasteiger partial charge in [0.1, 0.15) is 0 Å². The average Bonchev–Trinajstić information content (AvgIpc) is 2.52. The van der Waals surface area contributed by atoms with Crippen LogP contribution in [0.2, 0.25) is 0 Å². The highest BCUT2D eigenvalue weighted by atomic mass is 16.3. The Morgan fingerprint density at radius 3 is 2.05 bits per heavy atom. The summed E-state index contributed by atoms with van der Waals surface area (Å²) in [7, 11) is 0. The molecule has 0 unspecified atom stereocenters. The van der Waals surface area contributed by atoms with E-state index in [0.29, 0.717) is 27.9 Å². The second-order valence-electron chi connectivity index (χ2n) is 6.13. The smallest absolute Gasteiger partial charge is 0.194 e. The van der Waals surface area contributed by atoms with Gasteiger partial charge < -0.3 is 10.4 Å². The van der Waals surface area contributed by atoms with E-state index in [1.165, 1.54) is 0 Å². The Balaban J connectivity index is 2.06. The lowest BCUT2D eigenvalue weighted by Gasteiger charge is -2.26. The van der Waals surface area contributed by atoms with Crippen LogP contribution < -0.4 is 5.32 Å². The van der Waals surface area contributed by atoms with Crippen LogP contribution >= 0.6 is 0 Å². The molecule has 0 aromatic heterocycles. The molecule has 0 saturated heterocycles. The molecule has 0 bridgehead atoms. The minimum absolute atomic E-state index is 0.0419. The molecule has 0 heterocycles. The Morgan fingerprint density at radius 2 is 1.45 bits per heavy atom. The van der Waals surface area contributed by atoms with Crippen molar-refractivity contribution in [2.24, 2.45) is 0 Å². The first-order chi connectivity index (χ1) is 10.4. The first-order valence-corrected chi connectivity index (χ1v) is 7.14. The van der Waals surface area contributed by atoms with Crippen LogP contribution in [-0.4, -0.2) is 28.8 Å². The molecule has 1 aliphatic carbocycles. The highest BCUT2D eigenvalue weighted by Crippen LogP contribution is 2.29. The lowest BCUT2D eigenvalue weighted by molar-refractivity contribution is 0.0979. The summed E-state index contributed by atoms with van der Waals surface area (Å²) in [6.45, 7) is 3.67. The monoisotopic (exact) mass is 295 g/mol. The summed E-state index contributed by atoms with van der Waals surface area (Å²) in [5, 5.41) is 12.5. The molecule has 4 nitrogen and oxygen atoms in total. The van der Waals surface area contributed by atoms with Crippen molar-refractivity contribution in [3.8, 4) is 0 Å². The molecule has 22 heavy (non-hydrogen) atoms. The Labute approximate surface area is 128 Å². The zero-order valence-electron chi connectivity index (χ0n) is 12.5. The van der Waals surface area contributed by atoms with E-state index in [4.69, 9.17) is 0 Å². The summed E-state index contributed by atoms with van der Waals surface area (Å²) in [5.41, 5.74) is 1.93. The maximum atomic E-state index is 12.6. The van der Waals surface area contributed by atoms with Gasteiger partial charge in [0.2, 0.25) is 0 Å². The van der Waals surface area contributed by atoms with Gasteiger partial charge in [-0.25, -0.2) is 0 Å². The van der Waals surface area contributed by atoms with Crippen LogP contribution in [0, 0.1) is 0 Å². The maximum absolute atomic E-state index is 12.6. The first-order valence-electron chi connectivity index (χ1n) is 7.14. The van der Waals surface area contributed by atoms with Crippen LogP contribution in [0.5, 0.6) is 0 Å². The van der Waals surface area contributed by atoms with Crippen LogP contribution in [0.1, 0.15) is 45.7 Å². The van der Waals surface area contributed by atoms with Crippen molar-refractivity contribution in [3.63, 3.8) is 0 Å². The third kappa shape index (κ3) is 2.31. The van der Waals surface area contributed by atoms with Crippen LogP contribution in [0.15, 0.2) is 42.5 Å². The molecule has 0 atom stereocenters. The van der Waals surface area contributed by atoms with Gasteiger partial charge in [-0.2, -0.15) is 0 Å². The van der Waals surface area contributed by atoms with Crippen molar-refractivity contribution < 1.29 is 14.7 Å². The van der Waals surface area contributed by atoms with Crippen molar-refractivity contribution in [3.05, 3.63) is 64.7 Å². The molecule has 0 aliphatic heterocycles. The van der Waals surface area contributed by atoms with Crippen molar-refractivity contribution in [1.29, 1.82) is 0 Å². The lowest BCUT2D eigenvalue weighted by Crippen LogP contribution is -2.35. The normalized spacial score (nSPS) is 13.6. The topological polar surface area (TPSA) is 66.4 Å². The van der Waals surface area contributed by atoms with Gasteiger partial charge in [-0.15, -0.1) is 0 Å². The van der Waals surface area contributed by atoms with Gasteiger partial charge in [-0.05, 0) is 32.0 Å². The van der Waals surface area contributed by atoms with Gasteiger partial charge in [0.25, 0.3) is 0 Å². The van der Waals surface area contributed by atoms with E-state index in [1.54, 1.807) is 42.5 Å². The molecule has 3 rings (SSSR count). The van der Waals surface area contributed by atoms with E-state index in [0.717, 1.165) is 0 Å². The molecular formula is C18H17NO3. The number of aliphatic hydroxyl groups excluding tert-OH is 1. The zero-order valence-corrected chi connectivity index (χ0v) is 12.5. The summed E-state index contributed by atoms with van der Waals surface area (Å²) >= 11 is 0. The number of hydrogen-bond acceptors (Lipinski definition) is 4. The second kappa shape index (κ2) is 5.07. The predicted molar refractivity (Wildman–Crippen MR) is 84.5 cm³/mol. The summed E-state index contributed by atoms with van der Waals surface area (Å²) in [5.74, 6) is -0.270. The summed E-state index contributed by atoms with van der Waals surface area (Å²) in [4.78, 5) is 25.1. The fourth-order valence-corrected chi connectivity index (χ4v) is 2.61. The van der Waals surface area contributed by atoms with Crippen LogP contribution in [0.25, 0.3) is 0 Å². The fraction of sp³-hybridized carbons (Fsp3) is 0.222. The highest BCUT2D eigenvalue weighted by Gasteiger charge is 2.29. The molecule has 0 saturated carbocycles. The standard InChI is InChI=1S/C18H17NO3/c1-18(2,10-20)19-11-7-8-14-15(9-11)17(22)13-6-4-3-5-12(13)16(14)21/h3-9,19-20H,10H2,1-2H3. The van der Waals surface area contributed by atoms with Gasteiger partial charge in [0.05, 0.1) is 12.1 Å². The molecule has 2 aromatic carbocycles. The number of carbonyl (C=O) groups excluding carboxylic acids is 2. The fourth-order valence-electron chi connectivity index (χ4n) is 2.61. The molecule has 2 aromatic rings. The van der Waals surface area contributed by atoms with Gasteiger partial charge in [-0.1, -0.05) is 24.3 Å². The van der Waals surface area contributed by atoms with E-state index in [1.807, 2.05) is 13.8 Å². The number of aliphatic hydroxyl groups is 1. The van der Waals surface area contributed by atoms with Gasteiger partial charge >= 0.3 is 0 Å². The van der Waals surface area contributed by atoms with Gasteiger partial charge in [0.15, 0.2) is 11.6 Å². The number of anilines is 1. The number of hydrogen-bond donors (Lipinski definition) is 2. The summed E-state index contributed by atoms with van der Waals surface area (Å²) in [6.07, 6.45) is 0. The average molecular weight is 295 g/mol. The highest BCUT2D eigenvalue weighted by molar-refractivity contribution is 6.28. The molecular weight excluding hydrogens is 278 g/mol. The molecule has 0 spiro atoms. The van der Waals surface area contributed by atoms with E-state index in [9.17, 15) is 14.7 Å². The largest absolute Gasteiger partial charge is 0.394 e. The molecule has 4 heteroatoms. The van der Waals surface area contributed by atoms with E-state index in [-0.39, 0.29) is 18.2 Å². The quantitative estimate of drug-likeness (QED) is 0.779. The molecule has 0 radical (unpaired) electrons. The number of nitrogens with one attached hydrogen (secondary N) is 1. The molecule has 1 aliphatic rings. The minimum Gasteiger partial charge on any atom is -0.394 e. The van der Waals surface area contributed by atoms with E-state index < -0.39 is 5.54 Å². The van der Waals surface area contributed by atoms with Crippen molar-refractivity contribution in [2.75, 3.05) is 11.9 Å². The summed E-state index contributed by atoms with van der Waals surface area (Å²) in [6, 6.07) is 12.0. The Morgan fingerprint density at radius 1 is 0.909 bits per heavy atom. The first kappa shape index (κ1) is 14.5. The van der Waals surface area contributed by atoms with Crippen molar-refractivity contribution in [2.45, 2.75) is 19.4 Å². The number of rotatable bonds is 3. The predicted octanol–water partition coefficient (Wildman–Crippen LogP) is 2.64. The van der Waals surface area contributed by atoms with Gasteiger partial charge in [-0.3, -0.25) is 9.59 Å². The third-order valence-corrected chi connectivity index (χ3v) is 3.80. The minimum atomic E-state index is -0.506. The van der Waals surface area contributed by atoms with Crippen molar-refractivity contribution in [1.82, 2.24) is 0 Å². The molecule has 0 amide bonds. The second-order valence-corrected chi connectivity index (χ2v) is 6.13. The number of carbonyl (C=O) groups is 2. The van der Waals surface area contributed by atoms with Crippen molar-refractivity contribution >= 4 is 17.3 Å². The SMILES string of the molecule is CC(C)(CO)Nc1ccc2c(c1)C(=O)c1ccccc1C2=O. The van der Waals surface area contributed by atoms with Gasteiger partial charge in [0, 0.05) is 27.9 Å². The van der Waals surface area contributed by atoms with Crippen LogP contribution in [-0.2, 0) is 0 Å². The zero-order chi connectivity index (χ0) is 15.9. The third-order valence-electron chi connectivity index (χ3n) is 3.80. The Kier molecular flexibility index (Phi) is 3.34. The molecule has 0 fully saturated rings. The number of ketones is 2. The van der Waals surface area contributed by atoms with E-state index in [2.05, 4.69) is 5.32 Å². The summed E-state index contributed by atoms with van der Waals surface area (Å²) < 4.78 is 0. The maximum Gasteiger partial charge on any atom is 0.194 e. The Bertz CT molecular complexity index is 778. The lowest BCUT2D eigenvalue weighted by atomic mass is 9.84.